The number of benzene rings is 2. The van der Waals surface area contributed by atoms with Gasteiger partial charge in [-0.25, -0.2) is 0 Å². The van der Waals surface area contributed by atoms with Crippen LogP contribution in [0.15, 0.2) is 41.3 Å². The van der Waals surface area contributed by atoms with Crippen molar-refractivity contribution in [3.8, 4) is 11.5 Å². The Morgan fingerprint density at radius 3 is 2.75 bits per heavy atom. The van der Waals surface area contributed by atoms with Crippen LogP contribution in [-0.4, -0.2) is 21.6 Å². The van der Waals surface area contributed by atoms with Gasteiger partial charge in [0.2, 0.25) is 0 Å². The van der Waals surface area contributed by atoms with E-state index in [1.807, 2.05) is 19.1 Å². The lowest BCUT2D eigenvalue weighted by Gasteiger charge is -2.15. The Balaban J connectivity index is 1.77. The van der Waals surface area contributed by atoms with Crippen molar-refractivity contribution in [3.63, 3.8) is 0 Å². The fourth-order valence-electron chi connectivity index (χ4n) is 2.29. The molecule has 0 aliphatic carbocycles. The predicted octanol–water partition coefficient (Wildman–Crippen LogP) is 3.66. The van der Waals surface area contributed by atoms with Crippen molar-refractivity contribution in [1.29, 1.82) is 0 Å². The Morgan fingerprint density at radius 1 is 1.25 bits per heavy atom. The minimum Gasteiger partial charge on any atom is -0.508 e. The second-order valence-electron chi connectivity index (χ2n) is 5.33. The molecule has 1 amide bonds. The Hall–Kier alpha value is -2.31. The van der Waals surface area contributed by atoms with Gasteiger partial charge >= 0.3 is 0 Å². The molecule has 24 heavy (non-hydrogen) atoms. The van der Waals surface area contributed by atoms with E-state index in [1.165, 1.54) is 23.9 Å². The first-order valence-electron chi connectivity index (χ1n) is 7.16. The summed E-state index contributed by atoms with van der Waals surface area (Å²) >= 11 is 7.26. The summed E-state index contributed by atoms with van der Waals surface area (Å²) in [6.45, 7) is 1.93. The molecule has 1 saturated heterocycles. The number of carbonyl (C=O) groups excluding carboxylic acids is 1. The molecule has 124 valence electrons. The number of amides is 1. The molecule has 0 spiro atoms. The lowest BCUT2D eigenvalue weighted by Crippen LogP contribution is -2.31. The molecule has 1 aliphatic heterocycles. The minimum atomic E-state index is -0.317. The van der Waals surface area contributed by atoms with Gasteiger partial charge in [0.05, 0.1) is 4.91 Å². The molecule has 1 fully saturated rings. The van der Waals surface area contributed by atoms with Gasteiger partial charge in [-0.1, -0.05) is 23.4 Å². The SMILES string of the molecule is Cc1cc(Cl)ccc1NC1NC(=O)/C(=C/c2ccc(O)cc2O)S1. The molecule has 2 aromatic rings. The van der Waals surface area contributed by atoms with E-state index in [4.69, 9.17) is 11.6 Å². The molecule has 3 rings (SSSR count). The zero-order chi connectivity index (χ0) is 17.3. The maximum atomic E-state index is 12.1. The lowest BCUT2D eigenvalue weighted by molar-refractivity contribution is -0.116. The van der Waals surface area contributed by atoms with E-state index in [0.29, 0.717) is 15.5 Å². The highest BCUT2D eigenvalue weighted by molar-refractivity contribution is 8.05. The zero-order valence-corrected chi connectivity index (χ0v) is 14.3. The van der Waals surface area contributed by atoms with Crippen molar-refractivity contribution in [2.75, 3.05) is 5.32 Å². The third kappa shape index (κ3) is 3.60. The number of aryl methyl sites for hydroxylation is 1. The van der Waals surface area contributed by atoms with E-state index < -0.39 is 0 Å². The fraction of sp³-hybridized carbons (Fsp3) is 0.118. The summed E-state index contributed by atoms with van der Waals surface area (Å²) in [6, 6.07) is 9.72. The number of halogens is 1. The molecule has 0 radical (unpaired) electrons. The minimum absolute atomic E-state index is 0.0315. The Kier molecular flexibility index (Phi) is 4.59. The number of phenolic OH excluding ortho intramolecular Hbond substituents is 2. The quantitative estimate of drug-likeness (QED) is 0.626. The summed E-state index contributed by atoms with van der Waals surface area (Å²) in [6.07, 6.45) is 1.59. The van der Waals surface area contributed by atoms with Gasteiger partial charge in [-0.15, -0.1) is 0 Å². The summed E-state index contributed by atoms with van der Waals surface area (Å²) in [5.74, 6) is -0.339. The molecule has 2 aromatic carbocycles. The van der Waals surface area contributed by atoms with E-state index in [0.717, 1.165) is 11.3 Å². The Labute approximate surface area is 148 Å². The van der Waals surface area contributed by atoms with Gasteiger partial charge in [0.1, 0.15) is 11.5 Å². The molecule has 0 aromatic heterocycles. The van der Waals surface area contributed by atoms with Crippen molar-refractivity contribution in [1.82, 2.24) is 5.32 Å². The van der Waals surface area contributed by atoms with Gasteiger partial charge in [0.25, 0.3) is 5.91 Å². The average Bonchev–Trinajstić information content (AvgIpc) is 2.85. The summed E-state index contributed by atoms with van der Waals surface area (Å²) in [7, 11) is 0. The van der Waals surface area contributed by atoms with E-state index in [2.05, 4.69) is 10.6 Å². The molecule has 4 N–H and O–H groups in total. The smallest absolute Gasteiger partial charge is 0.260 e. The normalized spacial score (nSPS) is 18.7. The van der Waals surface area contributed by atoms with Crippen LogP contribution in [0.4, 0.5) is 5.69 Å². The number of hydrogen-bond acceptors (Lipinski definition) is 5. The predicted molar refractivity (Wildman–Crippen MR) is 97.1 cm³/mol. The zero-order valence-electron chi connectivity index (χ0n) is 12.7. The number of nitrogens with one attached hydrogen (secondary N) is 2. The van der Waals surface area contributed by atoms with Crippen LogP contribution >= 0.6 is 23.4 Å². The summed E-state index contributed by atoms with van der Waals surface area (Å²) < 4.78 is 0. The van der Waals surface area contributed by atoms with Crippen LogP contribution in [0.3, 0.4) is 0 Å². The maximum absolute atomic E-state index is 12.1. The van der Waals surface area contributed by atoms with Crippen LogP contribution < -0.4 is 10.6 Å². The molecular formula is C17H15ClN2O3S. The van der Waals surface area contributed by atoms with Crippen molar-refractivity contribution < 1.29 is 15.0 Å². The van der Waals surface area contributed by atoms with E-state index >= 15 is 0 Å². The number of anilines is 1. The number of carbonyl (C=O) groups is 1. The van der Waals surface area contributed by atoms with Crippen LogP contribution in [-0.2, 0) is 4.79 Å². The van der Waals surface area contributed by atoms with Crippen molar-refractivity contribution in [2.24, 2.45) is 0 Å². The largest absolute Gasteiger partial charge is 0.508 e. The van der Waals surface area contributed by atoms with Crippen LogP contribution in [0.25, 0.3) is 6.08 Å². The van der Waals surface area contributed by atoms with E-state index in [1.54, 1.807) is 18.2 Å². The van der Waals surface area contributed by atoms with Crippen LogP contribution in [0.2, 0.25) is 5.02 Å². The van der Waals surface area contributed by atoms with E-state index in [9.17, 15) is 15.0 Å². The number of aromatic hydroxyl groups is 2. The Morgan fingerprint density at radius 2 is 2.04 bits per heavy atom. The van der Waals surface area contributed by atoms with Gasteiger partial charge < -0.3 is 20.8 Å². The molecular weight excluding hydrogens is 348 g/mol. The molecule has 1 aliphatic rings. The number of thioether (sulfide) groups is 1. The topological polar surface area (TPSA) is 81.6 Å². The molecule has 1 heterocycles. The first-order chi connectivity index (χ1) is 11.4. The molecule has 1 atom stereocenters. The second-order valence-corrected chi connectivity index (χ2v) is 6.91. The molecule has 5 nitrogen and oxygen atoms in total. The fourth-order valence-corrected chi connectivity index (χ4v) is 3.48. The molecule has 7 heteroatoms. The number of phenols is 2. The van der Waals surface area contributed by atoms with Gasteiger partial charge in [-0.2, -0.15) is 0 Å². The van der Waals surface area contributed by atoms with Gasteiger partial charge in [-0.05, 0) is 48.9 Å². The van der Waals surface area contributed by atoms with Crippen LogP contribution in [0, 0.1) is 6.92 Å². The highest BCUT2D eigenvalue weighted by atomic mass is 35.5. The summed E-state index contributed by atoms with van der Waals surface area (Å²) in [5, 5.41) is 25.9. The van der Waals surface area contributed by atoms with E-state index in [-0.39, 0.29) is 22.9 Å². The van der Waals surface area contributed by atoms with Crippen molar-refractivity contribution in [2.45, 2.75) is 12.4 Å². The number of hydrogen-bond donors (Lipinski definition) is 4. The van der Waals surface area contributed by atoms with Gasteiger partial charge in [-0.3, -0.25) is 4.79 Å². The third-order valence-corrected chi connectivity index (χ3v) is 4.77. The summed E-state index contributed by atoms with van der Waals surface area (Å²) in [5.41, 5.74) is 2.01. The van der Waals surface area contributed by atoms with Crippen LogP contribution in [0.5, 0.6) is 11.5 Å². The average molecular weight is 363 g/mol. The maximum Gasteiger partial charge on any atom is 0.260 e. The second kappa shape index (κ2) is 6.67. The van der Waals surface area contributed by atoms with Crippen molar-refractivity contribution in [3.05, 3.63) is 57.5 Å². The molecule has 0 saturated carbocycles. The van der Waals surface area contributed by atoms with Gasteiger partial charge in [0, 0.05) is 22.3 Å². The number of rotatable bonds is 3. The highest BCUT2D eigenvalue weighted by Crippen LogP contribution is 2.33. The standard InChI is InChI=1S/C17H15ClN2O3S/c1-9-6-11(18)3-5-13(9)19-17-20-16(23)15(24-17)7-10-2-4-12(21)8-14(10)22/h2-8,17,19,21-22H,1H3,(H,20,23)/b15-7-. The molecule has 0 bridgehead atoms. The first kappa shape index (κ1) is 16.5. The van der Waals surface area contributed by atoms with Crippen LogP contribution in [0.1, 0.15) is 11.1 Å². The highest BCUT2D eigenvalue weighted by Gasteiger charge is 2.27. The summed E-state index contributed by atoms with van der Waals surface area (Å²) in [4.78, 5) is 12.6. The monoisotopic (exact) mass is 362 g/mol. The third-order valence-electron chi connectivity index (χ3n) is 3.51. The van der Waals surface area contributed by atoms with Crippen molar-refractivity contribution >= 4 is 41.0 Å². The van der Waals surface area contributed by atoms with Gasteiger partial charge in [0.15, 0.2) is 5.50 Å². The first-order valence-corrected chi connectivity index (χ1v) is 8.42. The molecule has 1 unspecified atom stereocenters. The Bertz CT molecular complexity index is 839. The lowest BCUT2D eigenvalue weighted by atomic mass is 10.2.